The average Bonchev–Trinajstić information content (AvgIpc) is 2.60. The summed E-state index contributed by atoms with van der Waals surface area (Å²) in [6.45, 7) is 4.95. The van der Waals surface area contributed by atoms with Crippen LogP contribution in [0.4, 0.5) is 10.2 Å². The molecule has 0 bridgehead atoms. The molecule has 1 aromatic carbocycles. The van der Waals surface area contributed by atoms with Crippen molar-refractivity contribution in [1.29, 1.82) is 0 Å². The predicted octanol–water partition coefficient (Wildman–Crippen LogP) is 2.63. The Morgan fingerprint density at radius 2 is 2.08 bits per heavy atom. The van der Waals surface area contributed by atoms with Gasteiger partial charge in [-0.3, -0.25) is 4.79 Å². The monoisotopic (exact) mass is 328 g/mol. The van der Waals surface area contributed by atoms with Crippen molar-refractivity contribution in [2.24, 2.45) is 0 Å². The lowest BCUT2D eigenvalue weighted by Crippen LogP contribution is -2.48. The molecule has 0 radical (unpaired) electrons. The normalized spacial score (nSPS) is 17.6. The lowest BCUT2D eigenvalue weighted by molar-refractivity contribution is 0.0933. The van der Waals surface area contributed by atoms with Crippen molar-refractivity contribution in [2.45, 2.75) is 32.7 Å². The summed E-state index contributed by atoms with van der Waals surface area (Å²) < 4.78 is 13.7. The van der Waals surface area contributed by atoms with Crippen LogP contribution in [0.25, 0.3) is 0 Å². The zero-order valence-corrected chi connectivity index (χ0v) is 13.9. The largest absolute Gasteiger partial charge is 0.353 e. The van der Waals surface area contributed by atoms with Gasteiger partial charge in [-0.1, -0.05) is 0 Å². The van der Waals surface area contributed by atoms with Gasteiger partial charge in [-0.2, -0.15) is 5.10 Å². The minimum Gasteiger partial charge on any atom is -0.353 e. The van der Waals surface area contributed by atoms with E-state index in [0.29, 0.717) is 23.2 Å². The van der Waals surface area contributed by atoms with E-state index in [1.165, 1.54) is 0 Å². The highest BCUT2D eigenvalue weighted by Crippen LogP contribution is 2.18. The predicted molar refractivity (Wildman–Crippen MR) is 90.6 cm³/mol. The Balaban J connectivity index is 1.68. The number of anilines is 1. The van der Waals surface area contributed by atoms with Gasteiger partial charge in [0.25, 0.3) is 5.91 Å². The highest BCUT2D eigenvalue weighted by Gasteiger charge is 2.23. The van der Waals surface area contributed by atoms with Crippen molar-refractivity contribution in [2.75, 3.05) is 18.0 Å². The van der Waals surface area contributed by atoms with Gasteiger partial charge in [0.05, 0.1) is 0 Å². The van der Waals surface area contributed by atoms with Gasteiger partial charge in [0.2, 0.25) is 0 Å². The van der Waals surface area contributed by atoms with E-state index < -0.39 is 0 Å². The zero-order chi connectivity index (χ0) is 17.1. The number of carbonyl (C=O) groups is 1. The summed E-state index contributed by atoms with van der Waals surface area (Å²) in [6.07, 6.45) is 3.54. The minimum atomic E-state index is -0.252. The third kappa shape index (κ3) is 3.53. The van der Waals surface area contributed by atoms with Crippen LogP contribution in [0.15, 0.2) is 30.5 Å². The second kappa shape index (κ2) is 6.95. The Labute approximate surface area is 140 Å². The molecule has 0 saturated carbocycles. The van der Waals surface area contributed by atoms with Crippen LogP contribution >= 0.6 is 0 Å². The Morgan fingerprint density at radius 1 is 1.33 bits per heavy atom. The van der Waals surface area contributed by atoms with E-state index in [0.717, 1.165) is 25.2 Å². The zero-order valence-electron chi connectivity index (χ0n) is 13.9. The van der Waals surface area contributed by atoms with E-state index in [-0.39, 0.29) is 17.8 Å². The summed E-state index contributed by atoms with van der Waals surface area (Å²) in [5.74, 6) is 0.412. The summed E-state index contributed by atoms with van der Waals surface area (Å²) >= 11 is 0. The van der Waals surface area contributed by atoms with Crippen LogP contribution in [0.3, 0.4) is 0 Å². The molecule has 1 atom stereocenters. The van der Waals surface area contributed by atoms with Crippen molar-refractivity contribution in [3.8, 4) is 0 Å². The molecule has 1 aliphatic rings. The van der Waals surface area contributed by atoms with E-state index in [1.807, 2.05) is 12.1 Å². The summed E-state index contributed by atoms with van der Waals surface area (Å²) in [5.41, 5.74) is 1.48. The molecule has 5 nitrogen and oxygen atoms in total. The van der Waals surface area contributed by atoms with Crippen molar-refractivity contribution >= 4 is 11.7 Å². The van der Waals surface area contributed by atoms with Gasteiger partial charge < -0.3 is 10.2 Å². The molecule has 6 heteroatoms. The average molecular weight is 328 g/mol. The maximum Gasteiger partial charge on any atom is 0.251 e. The molecular formula is C18H21FN4O. The summed E-state index contributed by atoms with van der Waals surface area (Å²) in [7, 11) is 0. The van der Waals surface area contributed by atoms with E-state index in [1.54, 1.807) is 32.2 Å². The van der Waals surface area contributed by atoms with E-state index in [2.05, 4.69) is 20.4 Å². The van der Waals surface area contributed by atoms with Crippen LogP contribution in [-0.4, -0.2) is 35.2 Å². The number of aromatic nitrogens is 2. The van der Waals surface area contributed by atoms with Crippen molar-refractivity contribution in [3.05, 3.63) is 53.0 Å². The van der Waals surface area contributed by atoms with Crippen LogP contribution in [0.1, 0.15) is 34.3 Å². The highest BCUT2D eigenvalue weighted by molar-refractivity contribution is 5.94. The van der Waals surface area contributed by atoms with Crippen LogP contribution in [-0.2, 0) is 0 Å². The van der Waals surface area contributed by atoms with Gasteiger partial charge in [0.1, 0.15) is 5.82 Å². The minimum absolute atomic E-state index is 0.0407. The third-order valence-corrected chi connectivity index (χ3v) is 4.34. The van der Waals surface area contributed by atoms with E-state index in [9.17, 15) is 9.18 Å². The number of piperidine rings is 1. The van der Waals surface area contributed by atoms with Crippen molar-refractivity contribution in [3.63, 3.8) is 0 Å². The Bertz CT molecular complexity index is 712. The number of amides is 1. The Morgan fingerprint density at radius 3 is 2.75 bits per heavy atom. The van der Waals surface area contributed by atoms with Crippen LogP contribution in [0.5, 0.6) is 0 Å². The molecule has 1 amide bonds. The number of hydrogen-bond donors (Lipinski definition) is 1. The molecule has 3 rings (SSSR count). The third-order valence-electron chi connectivity index (χ3n) is 4.34. The smallest absolute Gasteiger partial charge is 0.251 e. The van der Waals surface area contributed by atoms with Gasteiger partial charge in [0.15, 0.2) is 5.82 Å². The molecule has 24 heavy (non-hydrogen) atoms. The number of carbonyl (C=O) groups excluding carboxylic acids is 1. The van der Waals surface area contributed by atoms with Crippen molar-refractivity contribution < 1.29 is 9.18 Å². The second-order valence-electron chi connectivity index (χ2n) is 6.26. The lowest BCUT2D eigenvalue weighted by Gasteiger charge is -2.33. The molecule has 0 unspecified atom stereocenters. The number of nitrogens with zero attached hydrogens (tertiary/aromatic N) is 3. The fourth-order valence-corrected chi connectivity index (χ4v) is 3.11. The number of hydrogen-bond acceptors (Lipinski definition) is 4. The number of aryl methyl sites for hydroxylation is 2. The van der Waals surface area contributed by atoms with Crippen molar-refractivity contribution in [1.82, 2.24) is 15.5 Å². The summed E-state index contributed by atoms with van der Waals surface area (Å²) in [5, 5.41) is 11.1. The maximum absolute atomic E-state index is 13.7. The maximum atomic E-state index is 13.7. The molecule has 1 aromatic heterocycles. The molecule has 1 fully saturated rings. The summed E-state index contributed by atoms with van der Waals surface area (Å²) in [4.78, 5) is 14.6. The first kappa shape index (κ1) is 16.4. The quantitative estimate of drug-likeness (QED) is 0.941. The number of halogens is 1. The standard InChI is InChI=1S/C18H21FN4O/c1-12-9-14(10-13(2)17(12)19)18(24)21-15-5-4-8-23(11-15)16-6-3-7-20-22-16/h3,6-7,9-10,15H,4-5,8,11H2,1-2H3,(H,21,24)/t15-/m0/s1. The fraction of sp³-hybridized carbons (Fsp3) is 0.389. The Kier molecular flexibility index (Phi) is 4.74. The van der Waals surface area contributed by atoms with Gasteiger partial charge >= 0.3 is 0 Å². The number of rotatable bonds is 3. The van der Waals surface area contributed by atoms with Gasteiger partial charge in [-0.25, -0.2) is 4.39 Å². The van der Waals surface area contributed by atoms with Gasteiger partial charge in [0, 0.05) is 30.9 Å². The second-order valence-corrected chi connectivity index (χ2v) is 6.26. The molecule has 2 heterocycles. The first-order valence-corrected chi connectivity index (χ1v) is 8.15. The molecule has 126 valence electrons. The molecule has 2 aromatic rings. The van der Waals surface area contributed by atoms with Crippen LogP contribution in [0.2, 0.25) is 0 Å². The van der Waals surface area contributed by atoms with Crippen LogP contribution in [0, 0.1) is 19.7 Å². The SMILES string of the molecule is Cc1cc(C(=O)N[C@H]2CCCN(c3cccnn3)C2)cc(C)c1F. The highest BCUT2D eigenvalue weighted by atomic mass is 19.1. The summed E-state index contributed by atoms with van der Waals surface area (Å²) in [6, 6.07) is 7.01. The molecule has 1 N–H and O–H groups in total. The van der Waals surface area contributed by atoms with Gasteiger partial charge in [-0.15, -0.1) is 5.10 Å². The number of nitrogens with one attached hydrogen (secondary N) is 1. The van der Waals surface area contributed by atoms with Gasteiger partial charge in [-0.05, 0) is 62.1 Å². The molecule has 1 saturated heterocycles. The Hall–Kier alpha value is -2.50. The number of benzene rings is 1. The first-order valence-electron chi connectivity index (χ1n) is 8.15. The molecule has 1 aliphatic heterocycles. The van der Waals surface area contributed by atoms with Crippen LogP contribution < -0.4 is 10.2 Å². The molecule has 0 aliphatic carbocycles. The topological polar surface area (TPSA) is 58.1 Å². The fourth-order valence-electron chi connectivity index (χ4n) is 3.11. The first-order chi connectivity index (χ1) is 11.5. The molecular weight excluding hydrogens is 307 g/mol. The lowest BCUT2D eigenvalue weighted by atomic mass is 10.0. The van der Waals surface area contributed by atoms with E-state index in [4.69, 9.17) is 0 Å². The van der Waals surface area contributed by atoms with E-state index >= 15 is 0 Å². The molecule has 0 spiro atoms.